The summed E-state index contributed by atoms with van der Waals surface area (Å²) in [6, 6.07) is 21.6. The largest absolute Gasteiger partial charge is 0.490 e. The predicted octanol–water partition coefficient (Wildman–Crippen LogP) is 7.89. The van der Waals surface area contributed by atoms with Crippen LogP contribution in [0.15, 0.2) is 71.4 Å². The number of hydrogen-bond donors (Lipinski definition) is 0. The minimum atomic E-state index is 0.297. The second kappa shape index (κ2) is 8.80. The van der Waals surface area contributed by atoms with Gasteiger partial charge in [0, 0.05) is 5.69 Å². The molecular formula is C24H25NOS2. The highest BCUT2D eigenvalue weighted by atomic mass is 32.1. The first-order valence-corrected chi connectivity index (χ1v) is 11.6. The molecule has 4 heteroatoms. The van der Waals surface area contributed by atoms with Gasteiger partial charge in [0.05, 0.1) is 27.2 Å². The fourth-order valence-electron chi connectivity index (χ4n) is 3.48. The van der Waals surface area contributed by atoms with Gasteiger partial charge in [-0.25, -0.2) is 0 Å². The van der Waals surface area contributed by atoms with Crippen LogP contribution in [0, 0.1) is 0 Å². The Bertz CT molecular complexity index is 930. The second-order valence-electron chi connectivity index (χ2n) is 6.82. The molecule has 3 heterocycles. The maximum absolute atomic E-state index is 6.18. The maximum Gasteiger partial charge on any atom is 0.119 e. The molecule has 144 valence electrons. The van der Waals surface area contributed by atoms with Gasteiger partial charge in [0.1, 0.15) is 5.75 Å². The van der Waals surface area contributed by atoms with Crippen molar-refractivity contribution in [1.29, 1.82) is 0 Å². The number of thiophene rings is 2. The summed E-state index contributed by atoms with van der Waals surface area (Å²) in [5, 5.41) is 4.26. The monoisotopic (exact) mass is 407 g/mol. The third-order valence-corrected chi connectivity index (χ3v) is 6.68. The lowest BCUT2D eigenvalue weighted by Gasteiger charge is -2.18. The topological polar surface area (TPSA) is 14.2 Å². The summed E-state index contributed by atoms with van der Waals surface area (Å²) >= 11 is 3.55. The van der Waals surface area contributed by atoms with Gasteiger partial charge in [-0.05, 0) is 72.1 Å². The Balaban J connectivity index is 1.71. The summed E-state index contributed by atoms with van der Waals surface area (Å²) in [5.41, 5.74) is 3.61. The van der Waals surface area contributed by atoms with E-state index in [1.807, 2.05) is 0 Å². The van der Waals surface area contributed by atoms with E-state index in [2.05, 4.69) is 89.8 Å². The van der Waals surface area contributed by atoms with Gasteiger partial charge < -0.3 is 9.30 Å². The molecule has 0 aliphatic rings. The molecule has 3 aromatic heterocycles. The molecule has 0 fully saturated rings. The highest BCUT2D eigenvalue weighted by Gasteiger charge is 2.15. The SMILES string of the molecule is CCCC(CC)Oc1ccc(-n2c(-c3cccs3)ccc2-c2cccs2)cc1. The van der Waals surface area contributed by atoms with Crippen molar-refractivity contribution in [1.82, 2.24) is 4.57 Å². The van der Waals surface area contributed by atoms with E-state index in [4.69, 9.17) is 4.74 Å². The van der Waals surface area contributed by atoms with Crippen molar-refractivity contribution in [2.45, 2.75) is 39.2 Å². The number of benzene rings is 1. The molecule has 1 atom stereocenters. The van der Waals surface area contributed by atoms with Crippen LogP contribution in [0.1, 0.15) is 33.1 Å². The summed E-state index contributed by atoms with van der Waals surface area (Å²) in [6.07, 6.45) is 3.58. The van der Waals surface area contributed by atoms with E-state index in [9.17, 15) is 0 Å². The van der Waals surface area contributed by atoms with Crippen molar-refractivity contribution in [3.05, 3.63) is 71.4 Å². The first-order valence-electron chi connectivity index (χ1n) is 9.86. The summed E-state index contributed by atoms with van der Waals surface area (Å²) in [5.74, 6) is 0.951. The van der Waals surface area contributed by atoms with Gasteiger partial charge in [-0.2, -0.15) is 0 Å². The number of hydrogen-bond acceptors (Lipinski definition) is 3. The van der Waals surface area contributed by atoms with E-state index in [1.54, 1.807) is 22.7 Å². The number of nitrogens with zero attached hydrogens (tertiary/aromatic N) is 1. The van der Waals surface area contributed by atoms with Gasteiger partial charge in [0.15, 0.2) is 0 Å². The van der Waals surface area contributed by atoms with Crippen molar-refractivity contribution >= 4 is 22.7 Å². The van der Waals surface area contributed by atoms with Crippen LogP contribution in [-0.4, -0.2) is 10.7 Å². The van der Waals surface area contributed by atoms with Crippen LogP contribution in [-0.2, 0) is 0 Å². The smallest absolute Gasteiger partial charge is 0.119 e. The van der Waals surface area contributed by atoms with Gasteiger partial charge in [-0.3, -0.25) is 0 Å². The average Bonchev–Trinajstić information content (AvgIpc) is 3.48. The zero-order valence-electron chi connectivity index (χ0n) is 16.3. The molecule has 0 spiro atoms. The van der Waals surface area contributed by atoms with Crippen molar-refractivity contribution in [3.63, 3.8) is 0 Å². The molecule has 1 aromatic carbocycles. The Hall–Kier alpha value is -2.30. The molecule has 0 aliphatic carbocycles. The number of aromatic nitrogens is 1. The molecule has 0 amide bonds. The first-order chi connectivity index (χ1) is 13.8. The van der Waals surface area contributed by atoms with Gasteiger partial charge in [-0.1, -0.05) is 32.4 Å². The first kappa shape index (κ1) is 19.0. The van der Waals surface area contributed by atoms with Crippen molar-refractivity contribution in [2.75, 3.05) is 0 Å². The van der Waals surface area contributed by atoms with E-state index < -0.39 is 0 Å². The molecule has 4 aromatic rings. The lowest BCUT2D eigenvalue weighted by molar-refractivity contribution is 0.186. The summed E-state index contributed by atoms with van der Waals surface area (Å²) in [4.78, 5) is 2.55. The molecular weight excluding hydrogens is 382 g/mol. The zero-order valence-corrected chi connectivity index (χ0v) is 17.9. The molecule has 0 N–H and O–H groups in total. The Labute approximate surface area is 175 Å². The summed E-state index contributed by atoms with van der Waals surface area (Å²) < 4.78 is 8.53. The lowest BCUT2D eigenvalue weighted by Crippen LogP contribution is -2.14. The minimum Gasteiger partial charge on any atom is -0.490 e. The highest BCUT2D eigenvalue weighted by Crippen LogP contribution is 2.36. The third kappa shape index (κ3) is 3.94. The van der Waals surface area contributed by atoms with Crippen LogP contribution in [0.3, 0.4) is 0 Å². The number of ether oxygens (including phenoxy) is 1. The van der Waals surface area contributed by atoms with Gasteiger partial charge in [0.25, 0.3) is 0 Å². The maximum atomic E-state index is 6.18. The van der Waals surface area contributed by atoms with Gasteiger partial charge in [-0.15, -0.1) is 22.7 Å². The van der Waals surface area contributed by atoms with Gasteiger partial charge >= 0.3 is 0 Å². The molecule has 0 saturated heterocycles. The Morgan fingerprint density at radius 2 is 1.43 bits per heavy atom. The average molecular weight is 408 g/mol. The Kier molecular flexibility index (Phi) is 5.98. The normalized spacial score (nSPS) is 12.2. The third-order valence-electron chi connectivity index (χ3n) is 4.89. The second-order valence-corrected chi connectivity index (χ2v) is 8.72. The van der Waals surface area contributed by atoms with E-state index in [0.29, 0.717) is 6.10 Å². The lowest BCUT2D eigenvalue weighted by atomic mass is 10.1. The van der Waals surface area contributed by atoms with Crippen LogP contribution in [0.25, 0.3) is 26.8 Å². The summed E-state index contributed by atoms with van der Waals surface area (Å²) in [6.45, 7) is 4.40. The molecule has 4 rings (SSSR count). The van der Waals surface area contributed by atoms with Crippen molar-refractivity contribution in [3.8, 4) is 32.6 Å². The standard InChI is InChI=1S/C24H25NOS2/c1-3-7-19(4-2)26-20-12-10-18(11-13-20)25-21(23-8-5-16-27-23)14-15-22(25)24-9-6-17-28-24/h5-6,8-17,19H,3-4,7H2,1-2H3. The molecule has 2 nitrogen and oxygen atoms in total. The quantitative estimate of drug-likeness (QED) is 0.289. The molecule has 0 radical (unpaired) electrons. The van der Waals surface area contributed by atoms with Crippen molar-refractivity contribution < 1.29 is 4.74 Å². The number of rotatable bonds is 8. The van der Waals surface area contributed by atoms with Crippen LogP contribution in [0.2, 0.25) is 0 Å². The molecule has 0 aliphatic heterocycles. The van der Waals surface area contributed by atoms with Crippen LogP contribution in [0.4, 0.5) is 0 Å². The van der Waals surface area contributed by atoms with Crippen LogP contribution >= 0.6 is 22.7 Å². The molecule has 28 heavy (non-hydrogen) atoms. The van der Waals surface area contributed by atoms with E-state index in [1.165, 1.54) is 21.1 Å². The van der Waals surface area contributed by atoms with E-state index >= 15 is 0 Å². The fraction of sp³-hybridized carbons (Fsp3) is 0.250. The zero-order chi connectivity index (χ0) is 19.3. The molecule has 1 unspecified atom stereocenters. The van der Waals surface area contributed by atoms with E-state index in [0.717, 1.165) is 30.7 Å². The van der Waals surface area contributed by atoms with Crippen LogP contribution < -0.4 is 4.74 Å². The minimum absolute atomic E-state index is 0.297. The Morgan fingerprint density at radius 3 is 1.89 bits per heavy atom. The Morgan fingerprint density at radius 1 is 0.821 bits per heavy atom. The predicted molar refractivity (Wildman–Crippen MR) is 122 cm³/mol. The van der Waals surface area contributed by atoms with Crippen molar-refractivity contribution in [2.24, 2.45) is 0 Å². The highest BCUT2D eigenvalue weighted by molar-refractivity contribution is 7.14. The molecule has 0 saturated carbocycles. The van der Waals surface area contributed by atoms with Crippen LogP contribution in [0.5, 0.6) is 5.75 Å². The molecule has 0 bridgehead atoms. The summed E-state index contributed by atoms with van der Waals surface area (Å²) in [7, 11) is 0. The van der Waals surface area contributed by atoms with Gasteiger partial charge in [0.2, 0.25) is 0 Å². The van der Waals surface area contributed by atoms with E-state index in [-0.39, 0.29) is 0 Å². The fourth-order valence-corrected chi connectivity index (χ4v) is 4.96.